The molecule has 0 rings (SSSR count). The van der Waals surface area contributed by atoms with E-state index < -0.39 is 6.10 Å². The number of hydrogen-bond donors (Lipinski definition) is 0. The van der Waals surface area contributed by atoms with Crippen molar-refractivity contribution < 1.29 is 28.6 Å². The molecule has 0 aromatic rings. The number of esters is 3. The van der Waals surface area contributed by atoms with E-state index in [0.29, 0.717) is 19.3 Å². The molecule has 0 radical (unpaired) electrons. The molecule has 348 valence electrons. The van der Waals surface area contributed by atoms with Crippen LogP contribution in [0.1, 0.15) is 258 Å². The summed E-state index contributed by atoms with van der Waals surface area (Å²) in [6, 6.07) is 0. The van der Waals surface area contributed by atoms with Crippen LogP contribution in [-0.2, 0) is 28.6 Å². The lowest BCUT2D eigenvalue weighted by Gasteiger charge is -2.18. The van der Waals surface area contributed by atoms with Gasteiger partial charge < -0.3 is 14.2 Å². The number of carbonyl (C=O) groups excluding carboxylic acids is 3. The van der Waals surface area contributed by atoms with Crippen LogP contribution in [0.4, 0.5) is 0 Å². The zero-order valence-corrected chi connectivity index (χ0v) is 39.7. The molecule has 0 spiro atoms. The van der Waals surface area contributed by atoms with E-state index in [0.717, 1.165) is 89.9 Å². The van der Waals surface area contributed by atoms with E-state index >= 15 is 0 Å². The molecule has 0 N–H and O–H groups in total. The molecule has 0 aromatic heterocycles. The highest BCUT2D eigenvalue weighted by molar-refractivity contribution is 5.71. The predicted molar refractivity (Wildman–Crippen MR) is 256 cm³/mol. The monoisotopic (exact) mass is 841 g/mol. The SMILES string of the molecule is CC/C=C\C/C=C\C/C=C\CCCCC(=O)OCC(COC(=O)CCCCCCCCCCCCCCCCCCC)OC(=O)CCCCC/C=C\CCCCCCCC. The fourth-order valence-corrected chi connectivity index (χ4v) is 7.22. The first-order valence-corrected chi connectivity index (χ1v) is 25.6. The van der Waals surface area contributed by atoms with Gasteiger partial charge in [0.1, 0.15) is 13.2 Å². The first-order chi connectivity index (χ1) is 29.5. The first-order valence-electron chi connectivity index (χ1n) is 25.6. The Morgan fingerprint density at radius 3 is 1.08 bits per heavy atom. The molecular weight excluding hydrogens is 745 g/mol. The quantitative estimate of drug-likeness (QED) is 0.0263. The van der Waals surface area contributed by atoms with Crippen molar-refractivity contribution in [2.24, 2.45) is 0 Å². The van der Waals surface area contributed by atoms with Gasteiger partial charge in [0.15, 0.2) is 6.10 Å². The van der Waals surface area contributed by atoms with E-state index in [1.54, 1.807) is 0 Å². The third-order valence-electron chi connectivity index (χ3n) is 11.1. The molecule has 0 fully saturated rings. The summed E-state index contributed by atoms with van der Waals surface area (Å²) in [5, 5.41) is 0. The fraction of sp³-hybridized carbons (Fsp3) is 0.796. The zero-order chi connectivity index (χ0) is 43.7. The molecule has 0 aliphatic rings. The van der Waals surface area contributed by atoms with Crippen LogP contribution < -0.4 is 0 Å². The largest absolute Gasteiger partial charge is 0.462 e. The van der Waals surface area contributed by atoms with Gasteiger partial charge in [0.2, 0.25) is 0 Å². The van der Waals surface area contributed by atoms with Crippen LogP contribution in [0.5, 0.6) is 0 Å². The first kappa shape index (κ1) is 57.4. The van der Waals surface area contributed by atoms with Gasteiger partial charge in [-0.3, -0.25) is 14.4 Å². The minimum absolute atomic E-state index is 0.0889. The van der Waals surface area contributed by atoms with Crippen LogP contribution in [0.15, 0.2) is 48.6 Å². The molecule has 0 aliphatic carbocycles. The third-order valence-corrected chi connectivity index (χ3v) is 11.1. The van der Waals surface area contributed by atoms with Crippen molar-refractivity contribution >= 4 is 17.9 Å². The summed E-state index contributed by atoms with van der Waals surface area (Å²) < 4.78 is 16.7. The highest BCUT2D eigenvalue weighted by Gasteiger charge is 2.19. The molecule has 0 bridgehead atoms. The van der Waals surface area contributed by atoms with Gasteiger partial charge in [-0.1, -0.05) is 211 Å². The Kier molecular flexibility index (Phi) is 46.9. The molecule has 0 amide bonds. The van der Waals surface area contributed by atoms with Crippen LogP contribution in [0, 0.1) is 0 Å². The Morgan fingerprint density at radius 1 is 0.350 bits per heavy atom. The lowest BCUT2D eigenvalue weighted by molar-refractivity contribution is -0.167. The third kappa shape index (κ3) is 46.4. The van der Waals surface area contributed by atoms with E-state index in [1.165, 1.54) is 128 Å². The van der Waals surface area contributed by atoms with E-state index in [1.807, 2.05) is 0 Å². The standard InChI is InChI=1S/C54H96O6/c1-4-7-10-13-16-19-22-25-26-27-28-30-32-35-38-41-44-47-53(56)59-50-51(49-58-52(55)46-43-40-37-34-31-24-21-18-15-12-9-6-3)60-54(57)48-45-42-39-36-33-29-23-20-17-14-11-8-5-2/h9,12,18,21,29,31,33-34,51H,4-8,10-11,13-17,19-20,22-28,30,32,35-50H2,1-3H3/b12-9-,21-18-,33-29-,34-31-. The maximum Gasteiger partial charge on any atom is 0.306 e. The number of hydrogen-bond acceptors (Lipinski definition) is 6. The normalized spacial score (nSPS) is 12.4. The Labute approximate surface area is 371 Å². The lowest BCUT2D eigenvalue weighted by Crippen LogP contribution is -2.30. The molecule has 0 saturated carbocycles. The molecule has 0 aromatic carbocycles. The minimum atomic E-state index is -0.792. The van der Waals surface area contributed by atoms with Crippen molar-refractivity contribution in [1.82, 2.24) is 0 Å². The van der Waals surface area contributed by atoms with Crippen molar-refractivity contribution in [2.75, 3.05) is 13.2 Å². The summed E-state index contributed by atoms with van der Waals surface area (Å²) in [6.45, 7) is 6.48. The van der Waals surface area contributed by atoms with Gasteiger partial charge in [0.25, 0.3) is 0 Å². The molecular formula is C54H96O6. The van der Waals surface area contributed by atoms with Crippen LogP contribution >= 0.6 is 0 Å². The summed E-state index contributed by atoms with van der Waals surface area (Å²) in [4.78, 5) is 37.9. The topological polar surface area (TPSA) is 78.9 Å². The second-order valence-corrected chi connectivity index (χ2v) is 17.1. The van der Waals surface area contributed by atoms with E-state index in [9.17, 15) is 14.4 Å². The smallest absolute Gasteiger partial charge is 0.306 e. The number of carbonyl (C=O) groups is 3. The molecule has 1 atom stereocenters. The van der Waals surface area contributed by atoms with Crippen LogP contribution in [-0.4, -0.2) is 37.2 Å². The van der Waals surface area contributed by atoms with Crippen molar-refractivity contribution in [3.05, 3.63) is 48.6 Å². The van der Waals surface area contributed by atoms with Gasteiger partial charge >= 0.3 is 17.9 Å². The van der Waals surface area contributed by atoms with Gasteiger partial charge in [-0.05, 0) is 77.0 Å². The van der Waals surface area contributed by atoms with Gasteiger partial charge in [0, 0.05) is 19.3 Å². The highest BCUT2D eigenvalue weighted by atomic mass is 16.6. The van der Waals surface area contributed by atoms with Gasteiger partial charge in [-0.25, -0.2) is 0 Å². The second-order valence-electron chi connectivity index (χ2n) is 17.1. The van der Waals surface area contributed by atoms with Gasteiger partial charge in [-0.15, -0.1) is 0 Å². The molecule has 6 heteroatoms. The van der Waals surface area contributed by atoms with Crippen molar-refractivity contribution in [3.8, 4) is 0 Å². The van der Waals surface area contributed by atoms with Gasteiger partial charge in [0.05, 0.1) is 0 Å². The molecule has 0 heterocycles. The molecule has 0 saturated heterocycles. The fourth-order valence-electron chi connectivity index (χ4n) is 7.22. The second kappa shape index (κ2) is 49.0. The molecule has 6 nitrogen and oxygen atoms in total. The van der Waals surface area contributed by atoms with Crippen LogP contribution in [0.2, 0.25) is 0 Å². The summed E-state index contributed by atoms with van der Waals surface area (Å²) in [5.41, 5.74) is 0. The van der Waals surface area contributed by atoms with E-state index in [-0.39, 0.29) is 31.1 Å². The Hall–Kier alpha value is -2.63. The van der Waals surface area contributed by atoms with Crippen LogP contribution in [0.3, 0.4) is 0 Å². The molecule has 60 heavy (non-hydrogen) atoms. The average Bonchev–Trinajstić information content (AvgIpc) is 3.24. The Bertz CT molecular complexity index is 1060. The number of rotatable bonds is 46. The maximum atomic E-state index is 12.8. The molecule has 0 aliphatic heterocycles. The lowest BCUT2D eigenvalue weighted by atomic mass is 10.0. The Balaban J connectivity index is 4.38. The average molecular weight is 841 g/mol. The highest BCUT2D eigenvalue weighted by Crippen LogP contribution is 2.15. The minimum Gasteiger partial charge on any atom is -0.462 e. The van der Waals surface area contributed by atoms with Crippen molar-refractivity contribution in [3.63, 3.8) is 0 Å². The van der Waals surface area contributed by atoms with E-state index in [4.69, 9.17) is 14.2 Å². The van der Waals surface area contributed by atoms with Gasteiger partial charge in [-0.2, -0.15) is 0 Å². The maximum absolute atomic E-state index is 12.8. The van der Waals surface area contributed by atoms with Crippen molar-refractivity contribution in [1.29, 1.82) is 0 Å². The Morgan fingerprint density at radius 2 is 0.650 bits per heavy atom. The summed E-state index contributed by atoms with van der Waals surface area (Å²) in [7, 11) is 0. The summed E-state index contributed by atoms with van der Waals surface area (Å²) in [6.07, 6.45) is 58.2. The number of allylic oxidation sites excluding steroid dienone is 8. The summed E-state index contributed by atoms with van der Waals surface area (Å²) in [5.74, 6) is -0.940. The van der Waals surface area contributed by atoms with E-state index in [2.05, 4.69) is 69.4 Å². The summed E-state index contributed by atoms with van der Waals surface area (Å²) >= 11 is 0. The molecule has 1 unspecified atom stereocenters. The number of ether oxygens (including phenoxy) is 3. The van der Waals surface area contributed by atoms with Crippen LogP contribution in [0.25, 0.3) is 0 Å². The zero-order valence-electron chi connectivity index (χ0n) is 39.7. The number of unbranched alkanes of at least 4 members (excludes halogenated alkanes) is 27. The van der Waals surface area contributed by atoms with Crippen molar-refractivity contribution in [2.45, 2.75) is 264 Å². The predicted octanol–water partition coefficient (Wildman–Crippen LogP) is 16.7.